The highest BCUT2D eigenvalue weighted by Crippen LogP contribution is 2.41. The number of azo groups is 2. The summed E-state index contributed by atoms with van der Waals surface area (Å²) in [6.07, 6.45) is 0.948. The Morgan fingerprint density at radius 1 is 0.844 bits per heavy atom. The molecule has 0 saturated carbocycles. The van der Waals surface area contributed by atoms with Crippen molar-refractivity contribution in [2.45, 2.75) is 13.3 Å². The van der Waals surface area contributed by atoms with E-state index in [9.17, 15) is 10.1 Å². The molecule has 0 bridgehead atoms. The molecule has 164 valence electrons. The van der Waals surface area contributed by atoms with Crippen molar-refractivity contribution in [1.29, 1.82) is 0 Å². The van der Waals surface area contributed by atoms with Crippen LogP contribution in [0.5, 0.6) is 11.5 Å². The van der Waals surface area contributed by atoms with Crippen molar-refractivity contribution in [2.24, 2.45) is 20.5 Å². The van der Waals surface area contributed by atoms with Crippen molar-refractivity contribution in [3.63, 3.8) is 0 Å². The Kier molecular flexibility index (Phi) is 7.45. The highest BCUT2D eigenvalue weighted by molar-refractivity contribution is 6.33. The molecule has 0 aromatic heterocycles. The van der Waals surface area contributed by atoms with E-state index in [1.807, 2.05) is 24.3 Å². The first-order valence-electron chi connectivity index (χ1n) is 9.57. The smallest absolute Gasteiger partial charge is 0.271 e. The van der Waals surface area contributed by atoms with Crippen LogP contribution in [0.3, 0.4) is 0 Å². The minimum absolute atomic E-state index is 0.105. The van der Waals surface area contributed by atoms with Gasteiger partial charge in [0.1, 0.15) is 28.6 Å². The van der Waals surface area contributed by atoms with Crippen LogP contribution in [0.15, 0.2) is 75.1 Å². The van der Waals surface area contributed by atoms with Crippen molar-refractivity contribution in [2.75, 3.05) is 14.2 Å². The van der Waals surface area contributed by atoms with Gasteiger partial charge in [-0.05, 0) is 30.2 Å². The largest absolute Gasteiger partial charge is 0.494 e. The van der Waals surface area contributed by atoms with Crippen molar-refractivity contribution in [1.82, 2.24) is 0 Å². The first kappa shape index (κ1) is 22.8. The first-order chi connectivity index (χ1) is 15.4. The third-order valence-electron chi connectivity index (χ3n) is 4.51. The molecule has 0 atom stereocenters. The predicted octanol–water partition coefficient (Wildman–Crippen LogP) is 7.66. The van der Waals surface area contributed by atoms with Crippen molar-refractivity contribution >= 4 is 40.0 Å². The quantitative estimate of drug-likeness (QED) is 0.198. The second-order valence-electron chi connectivity index (χ2n) is 6.51. The Balaban J connectivity index is 1.90. The third-order valence-corrected chi connectivity index (χ3v) is 4.81. The molecular formula is C22H20ClN5O4. The van der Waals surface area contributed by atoms with Gasteiger partial charge in [-0.2, -0.15) is 5.11 Å². The van der Waals surface area contributed by atoms with Gasteiger partial charge >= 0.3 is 0 Å². The van der Waals surface area contributed by atoms with Gasteiger partial charge in [-0.15, -0.1) is 15.3 Å². The lowest BCUT2D eigenvalue weighted by Crippen LogP contribution is -1.88. The van der Waals surface area contributed by atoms with Gasteiger partial charge in [-0.25, -0.2) is 0 Å². The number of hydrogen-bond acceptors (Lipinski definition) is 8. The summed E-state index contributed by atoms with van der Waals surface area (Å²) < 4.78 is 10.8. The lowest BCUT2D eigenvalue weighted by molar-refractivity contribution is -0.384. The zero-order valence-electron chi connectivity index (χ0n) is 17.7. The molecule has 0 radical (unpaired) electrons. The Bertz CT molecular complexity index is 1180. The van der Waals surface area contributed by atoms with Gasteiger partial charge in [0.15, 0.2) is 0 Å². The molecule has 9 nitrogen and oxygen atoms in total. The van der Waals surface area contributed by atoms with Gasteiger partial charge < -0.3 is 9.47 Å². The summed E-state index contributed by atoms with van der Waals surface area (Å²) in [6.45, 7) is 2.09. The number of methoxy groups -OCH3 is 2. The van der Waals surface area contributed by atoms with Crippen LogP contribution < -0.4 is 9.47 Å². The summed E-state index contributed by atoms with van der Waals surface area (Å²) in [5.41, 5.74) is 2.89. The van der Waals surface area contributed by atoms with E-state index in [-0.39, 0.29) is 16.4 Å². The number of hydrogen-bond donors (Lipinski definition) is 0. The number of non-ortho nitro benzene ring substituents is 1. The van der Waals surface area contributed by atoms with Crippen LogP contribution in [0.4, 0.5) is 28.4 Å². The molecule has 0 saturated heterocycles. The molecule has 0 amide bonds. The van der Waals surface area contributed by atoms with Gasteiger partial charge in [0, 0.05) is 24.3 Å². The van der Waals surface area contributed by atoms with Gasteiger partial charge in [-0.3, -0.25) is 10.1 Å². The third kappa shape index (κ3) is 5.44. The molecule has 0 N–H and O–H groups in total. The molecule has 0 aliphatic heterocycles. The maximum Gasteiger partial charge on any atom is 0.271 e. The molecule has 0 unspecified atom stereocenters. The summed E-state index contributed by atoms with van der Waals surface area (Å²) in [5.74, 6) is 0.811. The van der Waals surface area contributed by atoms with Crippen molar-refractivity contribution in [3.05, 3.63) is 75.3 Å². The summed E-state index contributed by atoms with van der Waals surface area (Å²) >= 11 is 6.07. The summed E-state index contributed by atoms with van der Waals surface area (Å²) in [5, 5.41) is 27.7. The zero-order chi connectivity index (χ0) is 23.1. The topological polar surface area (TPSA) is 111 Å². The number of halogens is 1. The van der Waals surface area contributed by atoms with E-state index < -0.39 is 4.92 Å². The van der Waals surface area contributed by atoms with Crippen LogP contribution in [-0.4, -0.2) is 19.1 Å². The van der Waals surface area contributed by atoms with Crippen LogP contribution in [0.25, 0.3) is 0 Å². The molecule has 0 aliphatic carbocycles. The van der Waals surface area contributed by atoms with Gasteiger partial charge in [0.2, 0.25) is 0 Å². The van der Waals surface area contributed by atoms with E-state index in [0.29, 0.717) is 28.6 Å². The zero-order valence-corrected chi connectivity index (χ0v) is 18.4. The fourth-order valence-corrected chi connectivity index (χ4v) is 2.94. The SMILES string of the molecule is CCc1ccc(N=Nc2cc(OC)c(N=Nc3ccc([N+](=O)[O-])cc3Cl)cc2OC)cc1. The number of nitrogens with zero attached hydrogens (tertiary/aromatic N) is 5. The molecule has 0 fully saturated rings. The van der Waals surface area contributed by atoms with Gasteiger partial charge in [0.25, 0.3) is 5.69 Å². The van der Waals surface area contributed by atoms with E-state index in [2.05, 4.69) is 27.4 Å². The molecule has 0 heterocycles. The molecule has 10 heteroatoms. The summed E-state index contributed by atoms with van der Waals surface area (Å²) in [6, 6.07) is 15.0. The van der Waals surface area contributed by atoms with Crippen LogP contribution in [0.2, 0.25) is 5.02 Å². The Morgan fingerprint density at radius 2 is 1.41 bits per heavy atom. The molecule has 0 spiro atoms. The molecule has 3 rings (SSSR count). The van der Waals surface area contributed by atoms with Crippen LogP contribution in [0.1, 0.15) is 12.5 Å². The van der Waals surface area contributed by atoms with Gasteiger partial charge in [0.05, 0.1) is 29.9 Å². The normalized spacial score (nSPS) is 11.2. The standard InChI is InChI=1S/C22H20ClN5O4/c1-4-14-5-7-15(8-6-14)24-26-19-12-22(32-3)20(13-21(19)31-2)27-25-18-10-9-16(28(29)30)11-17(18)23/h5-13H,4H2,1-3H3. The Hall–Kier alpha value is -3.85. The fraction of sp³-hybridized carbons (Fsp3) is 0.182. The average molecular weight is 454 g/mol. The maximum atomic E-state index is 10.8. The summed E-state index contributed by atoms with van der Waals surface area (Å²) in [7, 11) is 3.00. The van der Waals surface area contributed by atoms with E-state index in [4.69, 9.17) is 21.1 Å². The minimum Gasteiger partial charge on any atom is -0.494 e. The molecule has 0 aliphatic rings. The molecule has 32 heavy (non-hydrogen) atoms. The van der Waals surface area contributed by atoms with Crippen LogP contribution in [0, 0.1) is 10.1 Å². The number of rotatable bonds is 8. The average Bonchev–Trinajstić information content (AvgIpc) is 2.81. The second kappa shape index (κ2) is 10.5. The lowest BCUT2D eigenvalue weighted by Gasteiger charge is -2.09. The van der Waals surface area contributed by atoms with Gasteiger partial charge in [-0.1, -0.05) is 30.7 Å². The molecule has 3 aromatic carbocycles. The van der Waals surface area contributed by atoms with E-state index >= 15 is 0 Å². The highest BCUT2D eigenvalue weighted by atomic mass is 35.5. The molecular weight excluding hydrogens is 434 g/mol. The Labute approximate surface area is 189 Å². The summed E-state index contributed by atoms with van der Waals surface area (Å²) in [4.78, 5) is 10.3. The fourth-order valence-electron chi connectivity index (χ4n) is 2.73. The van der Waals surface area contributed by atoms with E-state index in [1.165, 1.54) is 38.0 Å². The van der Waals surface area contributed by atoms with E-state index in [1.54, 1.807) is 12.1 Å². The van der Waals surface area contributed by atoms with Crippen molar-refractivity contribution < 1.29 is 14.4 Å². The highest BCUT2D eigenvalue weighted by Gasteiger charge is 2.13. The monoisotopic (exact) mass is 453 g/mol. The molecule has 3 aromatic rings. The number of nitro benzene ring substituents is 1. The number of aryl methyl sites for hydroxylation is 1. The Morgan fingerprint density at radius 3 is 1.91 bits per heavy atom. The lowest BCUT2D eigenvalue weighted by atomic mass is 10.2. The maximum absolute atomic E-state index is 10.8. The van der Waals surface area contributed by atoms with Crippen LogP contribution in [-0.2, 0) is 6.42 Å². The van der Waals surface area contributed by atoms with Crippen LogP contribution >= 0.6 is 11.6 Å². The predicted molar refractivity (Wildman–Crippen MR) is 122 cm³/mol. The van der Waals surface area contributed by atoms with Crippen molar-refractivity contribution in [3.8, 4) is 11.5 Å². The minimum atomic E-state index is -0.536. The first-order valence-corrected chi connectivity index (χ1v) is 9.95. The number of ether oxygens (including phenoxy) is 2. The number of benzene rings is 3. The second-order valence-corrected chi connectivity index (χ2v) is 6.92. The number of nitro groups is 1. The van der Waals surface area contributed by atoms with E-state index in [0.717, 1.165) is 6.42 Å².